The fraction of sp³-hybridized carbons (Fsp3) is 0.500. The molecule has 2 amide bonds. The van der Waals surface area contributed by atoms with Gasteiger partial charge in [0.1, 0.15) is 6.04 Å². The van der Waals surface area contributed by atoms with Gasteiger partial charge in [-0.15, -0.1) is 0 Å². The minimum absolute atomic E-state index is 0.0667. The predicted octanol–water partition coefficient (Wildman–Crippen LogP) is 1.92. The van der Waals surface area contributed by atoms with Gasteiger partial charge in [-0.3, -0.25) is 24.1 Å². The molecule has 1 fully saturated rings. The third-order valence-electron chi connectivity index (χ3n) is 5.92. The van der Waals surface area contributed by atoms with Crippen LogP contribution >= 0.6 is 0 Å². The van der Waals surface area contributed by atoms with Crippen LogP contribution in [0.2, 0.25) is 0 Å². The van der Waals surface area contributed by atoms with Crippen molar-refractivity contribution >= 4 is 17.5 Å². The number of para-hydroxylation sites is 1. The first-order valence-electron chi connectivity index (χ1n) is 10.5. The predicted molar refractivity (Wildman–Crippen MR) is 111 cm³/mol. The molecule has 1 aromatic heterocycles. The zero-order valence-electron chi connectivity index (χ0n) is 17.3. The number of carbonyl (C=O) groups is 2. The lowest BCUT2D eigenvalue weighted by molar-refractivity contribution is -0.134. The second-order valence-electron chi connectivity index (χ2n) is 7.90. The van der Waals surface area contributed by atoms with E-state index in [-0.39, 0.29) is 11.8 Å². The molecule has 1 atom stereocenters. The Hall–Kier alpha value is -2.67. The molecular weight excluding hydrogens is 366 g/mol. The number of amides is 2. The standard InChI is InChI=1S/C22H29N5O2/c1-3-26-16-18(14-23-26)15-24-9-6-10-25(12-11-24)22(29)21-13-19-7-4-5-8-20(19)27(21)17(2)28/h4-5,7-8,14,16,21H,3,6,9-13,15H2,1-2H3/t21-/m0/s1. The van der Waals surface area contributed by atoms with Gasteiger partial charge in [0, 0.05) is 70.1 Å². The number of carbonyl (C=O) groups excluding carboxylic acids is 2. The molecule has 2 aliphatic heterocycles. The Morgan fingerprint density at radius 1 is 1.14 bits per heavy atom. The van der Waals surface area contributed by atoms with Crippen molar-refractivity contribution in [3.05, 3.63) is 47.8 Å². The number of anilines is 1. The summed E-state index contributed by atoms with van der Waals surface area (Å²) in [5.74, 6) is -0.00487. The number of benzene rings is 1. The maximum Gasteiger partial charge on any atom is 0.246 e. The van der Waals surface area contributed by atoms with Crippen LogP contribution in [0.25, 0.3) is 0 Å². The Labute approximate surface area is 171 Å². The van der Waals surface area contributed by atoms with Crippen LogP contribution in [0.3, 0.4) is 0 Å². The average molecular weight is 396 g/mol. The molecule has 3 heterocycles. The fourth-order valence-electron chi connectivity index (χ4n) is 4.45. The van der Waals surface area contributed by atoms with Gasteiger partial charge in [-0.2, -0.15) is 5.10 Å². The van der Waals surface area contributed by atoms with Crippen molar-refractivity contribution in [2.24, 2.45) is 0 Å². The van der Waals surface area contributed by atoms with Gasteiger partial charge in [0.05, 0.1) is 6.20 Å². The van der Waals surface area contributed by atoms with Crippen LogP contribution in [-0.2, 0) is 29.1 Å². The molecule has 2 aliphatic rings. The minimum atomic E-state index is -0.417. The van der Waals surface area contributed by atoms with Crippen molar-refractivity contribution in [3.63, 3.8) is 0 Å². The van der Waals surface area contributed by atoms with E-state index in [2.05, 4.69) is 23.1 Å². The largest absolute Gasteiger partial charge is 0.340 e. The zero-order chi connectivity index (χ0) is 20.4. The average Bonchev–Trinajstić information content (AvgIpc) is 3.26. The number of hydrogen-bond acceptors (Lipinski definition) is 4. The highest BCUT2D eigenvalue weighted by Crippen LogP contribution is 2.33. The van der Waals surface area contributed by atoms with Crippen LogP contribution in [0.5, 0.6) is 0 Å². The number of aromatic nitrogens is 2. The summed E-state index contributed by atoms with van der Waals surface area (Å²) in [4.78, 5) is 31.7. The first-order valence-corrected chi connectivity index (χ1v) is 10.5. The highest BCUT2D eigenvalue weighted by atomic mass is 16.2. The van der Waals surface area contributed by atoms with Crippen molar-refractivity contribution in [1.29, 1.82) is 0 Å². The quantitative estimate of drug-likeness (QED) is 0.794. The molecule has 154 valence electrons. The highest BCUT2D eigenvalue weighted by molar-refractivity contribution is 6.02. The Morgan fingerprint density at radius 3 is 2.72 bits per heavy atom. The number of fused-ring (bicyclic) bond motifs is 1. The Morgan fingerprint density at radius 2 is 1.97 bits per heavy atom. The molecule has 7 nitrogen and oxygen atoms in total. The normalized spacial score (nSPS) is 19.9. The third kappa shape index (κ3) is 4.05. The zero-order valence-corrected chi connectivity index (χ0v) is 17.3. The van der Waals surface area contributed by atoms with Crippen LogP contribution in [0.1, 0.15) is 31.4 Å². The van der Waals surface area contributed by atoms with E-state index in [1.165, 1.54) is 5.56 Å². The molecule has 4 rings (SSSR count). The van der Waals surface area contributed by atoms with E-state index in [0.717, 1.165) is 50.4 Å². The van der Waals surface area contributed by atoms with Gasteiger partial charge in [-0.05, 0) is 25.0 Å². The summed E-state index contributed by atoms with van der Waals surface area (Å²) < 4.78 is 1.94. The van der Waals surface area contributed by atoms with Crippen LogP contribution < -0.4 is 4.90 Å². The molecule has 2 aromatic rings. The molecular formula is C22H29N5O2. The van der Waals surface area contributed by atoms with Crippen molar-refractivity contribution in [1.82, 2.24) is 19.6 Å². The van der Waals surface area contributed by atoms with Crippen molar-refractivity contribution in [2.75, 3.05) is 31.1 Å². The van der Waals surface area contributed by atoms with Crippen LogP contribution in [0.15, 0.2) is 36.7 Å². The number of hydrogen-bond donors (Lipinski definition) is 0. The maximum absolute atomic E-state index is 13.3. The van der Waals surface area contributed by atoms with Crippen molar-refractivity contribution < 1.29 is 9.59 Å². The summed E-state index contributed by atoms with van der Waals surface area (Å²) in [7, 11) is 0. The lowest BCUT2D eigenvalue weighted by Crippen LogP contribution is -2.50. The van der Waals surface area contributed by atoms with E-state index in [0.29, 0.717) is 13.0 Å². The lowest BCUT2D eigenvalue weighted by atomic mass is 10.1. The summed E-state index contributed by atoms with van der Waals surface area (Å²) in [6, 6.07) is 7.42. The van der Waals surface area contributed by atoms with E-state index in [1.54, 1.807) is 11.8 Å². The van der Waals surface area contributed by atoms with Crippen LogP contribution in [-0.4, -0.2) is 63.6 Å². The fourth-order valence-corrected chi connectivity index (χ4v) is 4.45. The second-order valence-corrected chi connectivity index (χ2v) is 7.90. The second kappa shape index (κ2) is 8.37. The van der Waals surface area contributed by atoms with E-state index >= 15 is 0 Å². The first-order chi connectivity index (χ1) is 14.1. The van der Waals surface area contributed by atoms with E-state index in [4.69, 9.17) is 0 Å². The maximum atomic E-state index is 13.3. The SMILES string of the molecule is CCn1cc(CN2CCCN(C(=O)[C@@H]3Cc4ccccc4N3C(C)=O)CC2)cn1. The van der Waals surface area contributed by atoms with Gasteiger partial charge in [0.25, 0.3) is 0 Å². The summed E-state index contributed by atoms with van der Waals surface area (Å²) in [5.41, 5.74) is 3.16. The highest BCUT2D eigenvalue weighted by Gasteiger charge is 2.39. The number of rotatable bonds is 4. The monoisotopic (exact) mass is 395 g/mol. The number of aryl methyl sites for hydroxylation is 1. The molecule has 1 aromatic carbocycles. The van der Waals surface area contributed by atoms with E-state index < -0.39 is 6.04 Å². The van der Waals surface area contributed by atoms with Gasteiger partial charge in [-0.25, -0.2) is 0 Å². The topological polar surface area (TPSA) is 61.7 Å². The smallest absolute Gasteiger partial charge is 0.246 e. The summed E-state index contributed by atoms with van der Waals surface area (Å²) in [6.45, 7) is 8.59. The molecule has 7 heteroatoms. The van der Waals surface area contributed by atoms with E-state index in [1.807, 2.05) is 40.0 Å². The van der Waals surface area contributed by atoms with Crippen molar-refractivity contribution in [3.8, 4) is 0 Å². The van der Waals surface area contributed by atoms with E-state index in [9.17, 15) is 9.59 Å². The molecule has 0 spiro atoms. The molecule has 0 radical (unpaired) electrons. The Kier molecular flexibility index (Phi) is 5.67. The molecule has 0 saturated carbocycles. The van der Waals surface area contributed by atoms with Crippen LogP contribution in [0, 0.1) is 0 Å². The number of nitrogens with zero attached hydrogens (tertiary/aromatic N) is 5. The molecule has 1 saturated heterocycles. The third-order valence-corrected chi connectivity index (χ3v) is 5.92. The van der Waals surface area contributed by atoms with Gasteiger partial charge in [0.2, 0.25) is 11.8 Å². The Balaban J connectivity index is 1.41. The summed E-state index contributed by atoms with van der Waals surface area (Å²) in [6.07, 6.45) is 5.56. The van der Waals surface area contributed by atoms with Gasteiger partial charge in [0.15, 0.2) is 0 Å². The lowest BCUT2D eigenvalue weighted by Gasteiger charge is -2.29. The van der Waals surface area contributed by atoms with Gasteiger partial charge in [-0.1, -0.05) is 18.2 Å². The minimum Gasteiger partial charge on any atom is -0.340 e. The van der Waals surface area contributed by atoms with Gasteiger partial charge >= 0.3 is 0 Å². The molecule has 0 aliphatic carbocycles. The summed E-state index contributed by atoms with van der Waals surface area (Å²) >= 11 is 0. The Bertz CT molecular complexity index is 893. The molecule has 29 heavy (non-hydrogen) atoms. The van der Waals surface area contributed by atoms with Gasteiger partial charge < -0.3 is 4.90 Å². The van der Waals surface area contributed by atoms with Crippen LogP contribution in [0.4, 0.5) is 5.69 Å². The first kappa shape index (κ1) is 19.6. The van der Waals surface area contributed by atoms with Crippen molar-refractivity contribution in [2.45, 2.75) is 45.8 Å². The summed E-state index contributed by atoms with van der Waals surface area (Å²) in [5, 5.41) is 4.35. The molecule has 0 N–H and O–H groups in total. The molecule has 0 unspecified atom stereocenters. The molecule has 0 bridgehead atoms.